The zero-order chi connectivity index (χ0) is 13.7. The standard InChI is InChI=1S/C16H21NO/c1-11(2)14(5)17-10-13(4)15-7-8-16(18-6)12(3)9-15/h7-10H,1H2,2-6H3/b13-10+,17-14?. The number of hydrogen-bond donors (Lipinski definition) is 0. The Hall–Kier alpha value is -1.83. The molecule has 0 saturated carbocycles. The normalized spacial score (nSPS) is 12.5. The summed E-state index contributed by atoms with van der Waals surface area (Å²) in [5, 5.41) is 0. The average Bonchev–Trinajstić information content (AvgIpc) is 2.35. The molecule has 0 unspecified atom stereocenters. The van der Waals surface area contributed by atoms with Crippen molar-refractivity contribution in [2.45, 2.75) is 27.7 Å². The molecule has 0 atom stereocenters. The van der Waals surface area contributed by atoms with Gasteiger partial charge in [0.05, 0.1) is 7.11 Å². The van der Waals surface area contributed by atoms with Crippen LogP contribution in [0.15, 0.2) is 41.5 Å². The summed E-state index contributed by atoms with van der Waals surface area (Å²) in [6.07, 6.45) is 1.88. The Morgan fingerprint density at radius 2 is 1.94 bits per heavy atom. The van der Waals surface area contributed by atoms with E-state index in [9.17, 15) is 0 Å². The van der Waals surface area contributed by atoms with Gasteiger partial charge in [0.15, 0.2) is 0 Å². The number of aliphatic imine (C=N–C) groups is 1. The van der Waals surface area contributed by atoms with Gasteiger partial charge in [0.2, 0.25) is 0 Å². The number of nitrogens with zero attached hydrogens (tertiary/aromatic N) is 1. The Morgan fingerprint density at radius 1 is 1.28 bits per heavy atom. The smallest absolute Gasteiger partial charge is 0.121 e. The molecule has 0 bridgehead atoms. The molecular weight excluding hydrogens is 222 g/mol. The summed E-state index contributed by atoms with van der Waals surface area (Å²) in [6, 6.07) is 6.14. The highest BCUT2D eigenvalue weighted by molar-refractivity contribution is 5.97. The van der Waals surface area contributed by atoms with Crippen LogP contribution in [-0.4, -0.2) is 12.8 Å². The van der Waals surface area contributed by atoms with Gasteiger partial charge >= 0.3 is 0 Å². The molecule has 0 spiro atoms. The zero-order valence-corrected chi connectivity index (χ0v) is 11.9. The summed E-state index contributed by atoms with van der Waals surface area (Å²) in [6.45, 7) is 11.9. The Bertz CT molecular complexity index is 510. The van der Waals surface area contributed by atoms with Gasteiger partial charge in [-0.1, -0.05) is 12.6 Å². The van der Waals surface area contributed by atoms with Gasteiger partial charge in [0.25, 0.3) is 0 Å². The van der Waals surface area contributed by atoms with E-state index in [0.717, 1.165) is 33.7 Å². The molecule has 1 rings (SSSR count). The zero-order valence-electron chi connectivity index (χ0n) is 11.9. The third-order valence-electron chi connectivity index (χ3n) is 2.92. The van der Waals surface area contributed by atoms with E-state index in [4.69, 9.17) is 4.74 Å². The van der Waals surface area contributed by atoms with Crippen molar-refractivity contribution < 1.29 is 4.74 Å². The lowest BCUT2D eigenvalue weighted by Crippen LogP contribution is -1.91. The molecule has 0 aromatic heterocycles. The summed E-state index contributed by atoms with van der Waals surface area (Å²) < 4.78 is 5.25. The quantitative estimate of drug-likeness (QED) is 0.718. The van der Waals surface area contributed by atoms with Crippen LogP contribution in [-0.2, 0) is 0 Å². The molecule has 0 radical (unpaired) electrons. The molecule has 96 valence electrons. The molecule has 1 aromatic carbocycles. The number of benzene rings is 1. The maximum atomic E-state index is 5.25. The van der Waals surface area contributed by atoms with E-state index < -0.39 is 0 Å². The highest BCUT2D eigenvalue weighted by Gasteiger charge is 2.01. The fraction of sp³-hybridized carbons (Fsp3) is 0.312. The topological polar surface area (TPSA) is 21.6 Å². The van der Waals surface area contributed by atoms with Crippen LogP contribution >= 0.6 is 0 Å². The van der Waals surface area contributed by atoms with Crippen LogP contribution < -0.4 is 4.74 Å². The van der Waals surface area contributed by atoms with Gasteiger partial charge in [-0.05, 0) is 62.1 Å². The van der Waals surface area contributed by atoms with E-state index in [1.165, 1.54) is 0 Å². The molecule has 0 amide bonds. The van der Waals surface area contributed by atoms with Crippen LogP contribution in [0.3, 0.4) is 0 Å². The SMILES string of the molecule is C=C(C)C(C)=N/C=C(\C)c1ccc(OC)c(C)c1. The van der Waals surface area contributed by atoms with E-state index in [-0.39, 0.29) is 0 Å². The van der Waals surface area contributed by atoms with E-state index in [2.05, 4.69) is 24.6 Å². The number of aryl methyl sites for hydroxylation is 1. The third-order valence-corrected chi connectivity index (χ3v) is 2.92. The van der Waals surface area contributed by atoms with E-state index in [0.29, 0.717) is 0 Å². The number of rotatable bonds is 4. The van der Waals surface area contributed by atoms with Crippen molar-refractivity contribution >= 4 is 11.3 Å². The van der Waals surface area contributed by atoms with Gasteiger partial charge in [0.1, 0.15) is 5.75 Å². The van der Waals surface area contributed by atoms with Gasteiger partial charge in [0, 0.05) is 11.9 Å². The van der Waals surface area contributed by atoms with Crippen LogP contribution in [0.1, 0.15) is 31.9 Å². The molecule has 18 heavy (non-hydrogen) atoms. The first-order valence-electron chi connectivity index (χ1n) is 5.97. The van der Waals surface area contributed by atoms with Gasteiger partial charge in [-0.25, -0.2) is 0 Å². The van der Waals surface area contributed by atoms with Crippen LogP contribution in [0.5, 0.6) is 5.75 Å². The molecule has 0 aliphatic carbocycles. The van der Waals surface area contributed by atoms with Crippen molar-refractivity contribution in [3.63, 3.8) is 0 Å². The second-order valence-corrected chi connectivity index (χ2v) is 4.49. The first-order valence-corrected chi connectivity index (χ1v) is 5.97. The van der Waals surface area contributed by atoms with Gasteiger partial charge in [-0.2, -0.15) is 0 Å². The number of methoxy groups -OCH3 is 1. The molecule has 0 fully saturated rings. The maximum absolute atomic E-state index is 5.25. The number of allylic oxidation sites excluding steroid dienone is 2. The monoisotopic (exact) mass is 243 g/mol. The van der Waals surface area contributed by atoms with Crippen molar-refractivity contribution in [1.82, 2.24) is 0 Å². The molecule has 2 nitrogen and oxygen atoms in total. The van der Waals surface area contributed by atoms with Crippen molar-refractivity contribution in [2.75, 3.05) is 7.11 Å². The lowest BCUT2D eigenvalue weighted by Gasteiger charge is -2.07. The second-order valence-electron chi connectivity index (χ2n) is 4.49. The molecule has 0 saturated heterocycles. The molecule has 2 heteroatoms. The van der Waals surface area contributed by atoms with Gasteiger partial charge in [-0.3, -0.25) is 4.99 Å². The largest absolute Gasteiger partial charge is 0.496 e. The van der Waals surface area contributed by atoms with Crippen molar-refractivity contribution in [3.05, 3.63) is 47.7 Å². The molecular formula is C16H21NO. The maximum Gasteiger partial charge on any atom is 0.121 e. The summed E-state index contributed by atoms with van der Waals surface area (Å²) >= 11 is 0. The fourth-order valence-electron chi connectivity index (χ4n) is 1.50. The van der Waals surface area contributed by atoms with Crippen LogP contribution in [0.25, 0.3) is 5.57 Å². The minimum Gasteiger partial charge on any atom is -0.496 e. The second kappa shape index (κ2) is 6.20. The highest BCUT2D eigenvalue weighted by Crippen LogP contribution is 2.22. The van der Waals surface area contributed by atoms with Crippen molar-refractivity contribution in [3.8, 4) is 5.75 Å². The minimum absolute atomic E-state index is 0.910. The summed E-state index contributed by atoms with van der Waals surface area (Å²) in [7, 11) is 1.69. The summed E-state index contributed by atoms with van der Waals surface area (Å²) in [5.41, 5.74) is 5.36. The van der Waals surface area contributed by atoms with E-state index >= 15 is 0 Å². The van der Waals surface area contributed by atoms with Gasteiger partial charge in [-0.15, -0.1) is 0 Å². The molecule has 1 aromatic rings. The van der Waals surface area contributed by atoms with Crippen LogP contribution in [0, 0.1) is 6.92 Å². The highest BCUT2D eigenvalue weighted by atomic mass is 16.5. The molecule has 0 aliphatic rings. The van der Waals surface area contributed by atoms with E-state index in [1.54, 1.807) is 7.11 Å². The Labute approximate surface area is 110 Å². The van der Waals surface area contributed by atoms with Gasteiger partial charge < -0.3 is 4.74 Å². The molecule has 0 N–H and O–H groups in total. The third kappa shape index (κ3) is 3.59. The Morgan fingerprint density at radius 3 is 2.44 bits per heavy atom. The first kappa shape index (κ1) is 14.2. The minimum atomic E-state index is 0.910. The summed E-state index contributed by atoms with van der Waals surface area (Å²) in [4.78, 5) is 4.40. The average molecular weight is 243 g/mol. The first-order chi connectivity index (χ1) is 8.45. The Kier molecular flexibility index (Phi) is 4.90. The Balaban J connectivity index is 3.01. The lowest BCUT2D eigenvalue weighted by molar-refractivity contribution is 0.411. The van der Waals surface area contributed by atoms with Crippen molar-refractivity contribution in [1.29, 1.82) is 0 Å². The number of hydrogen-bond acceptors (Lipinski definition) is 2. The lowest BCUT2D eigenvalue weighted by atomic mass is 10.1. The van der Waals surface area contributed by atoms with Crippen molar-refractivity contribution in [2.24, 2.45) is 4.99 Å². The predicted octanol–water partition coefficient (Wildman–Crippen LogP) is 4.40. The predicted molar refractivity (Wildman–Crippen MR) is 79.3 cm³/mol. The summed E-state index contributed by atoms with van der Waals surface area (Å²) in [5.74, 6) is 0.910. The number of ether oxygens (including phenoxy) is 1. The van der Waals surface area contributed by atoms with E-state index in [1.807, 2.05) is 39.1 Å². The fourth-order valence-corrected chi connectivity index (χ4v) is 1.50. The molecule has 0 aliphatic heterocycles. The van der Waals surface area contributed by atoms with Crippen LogP contribution in [0.4, 0.5) is 0 Å². The van der Waals surface area contributed by atoms with Crippen LogP contribution in [0.2, 0.25) is 0 Å². The molecule has 0 heterocycles.